The summed E-state index contributed by atoms with van der Waals surface area (Å²) in [6, 6.07) is 5.21. The summed E-state index contributed by atoms with van der Waals surface area (Å²) in [5.74, 6) is 0.706. The molecule has 0 aliphatic carbocycles. The Hall–Kier alpha value is -2.57. The van der Waals surface area contributed by atoms with Crippen LogP contribution >= 0.6 is 0 Å². The topological polar surface area (TPSA) is 75.9 Å². The molecule has 128 valence electrons. The van der Waals surface area contributed by atoms with E-state index in [9.17, 15) is 9.59 Å². The van der Waals surface area contributed by atoms with Gasteiger partial charge in [-0.25, -0.2) is 4.79 Å². The molecule has 0 spiro atoms. The van der Waals surface area contributed by atoms with Gasteiger partial charge in [0.25, 0.3) is 0 Å². The fraction of sp³-hybridized carbons (Fsp3) is 0.471. The van der Waals surface area contributed by atoms with Crippen LogP contribution in [0.25, 0.3) is 11.0 Å². The first-order valence-electron chi connectivity index (χ1n) is 7.95. The number of amides is 1. The predicted octanol–water partition coefficient (Wildman–Crippen LogP) is 2.70. The lowest BCUT2D eigenvalue weighted by Gasteiger charge is -2.35. The Morgan fingerprint density at radius 1 is 1.25 bits per heavy atom. The highest BCUT2D eigenvalue weighted by molar-refractivity contribution is 5.93. The number of carbonyl (C=O) groups excluding carboxylic acids is 2. The summed E-state index contributed by atoms with van der Waals surface area (Å²) < 4.78 is 10.7. The number of rotatable bonds is 2. The van der Waals surface area contributed by atoms with Crippen LogP contribution in [0.2, 0.25) is 0 Å². The highest BCUT2D eigenvalue weighted by atomic mass is 16.6. The van der Waals surface area contributed by atoms with E-state index in [2.05, 4.69) is 10.1 Å². The van der Waals surface area contributed by atoms with E-state index < -0.39 is 5.60 Å². The molecule has 24 heavy (non-hydrogen) atoms. The van der Waals surface area contributed by atoms with Gasteiger partial charge >= 0.3 is 6.09 Å². The van der Waals surface area contributed by atoms with Gasteiger partial charge in [-0.3, -0.25) is 4.79 Å². The summed E-state index contributed by atoms with van der Waals surface area (Å²) in [5, 5.41) is 4.93. The summed E-state index contributed by atoms with van der Waals surface area (Å²) in [6.07, 6.45) is 0.506. The van der Waals surface area contributed by atoms with Gasteiger partial charge in [0.2, 0.25) is 0 Å². The molecule has 0 unspecified atom stereocenters. The van der Waals surface area contributed by atoms with Crippen LogP contribution in [0, 0.1) is 0 Å². The largest absolute Gasteiger partial charge is 0.444 e. The average molecular weight is 331 g/mol. The Morgan fingerprint density at radius 3 is 2.58 bits per heavy atom. The lowest BCUT2D eigenvalue weighted by molar-refractivity contribution is 0.0240. The minimum atomic E-state index is -0.498. The van der Waals surface area contributed by atoms with Gasteiger partial charge in [0.1, 0.15) is 11.9 Å². The molecule has 1 aliphatic heterocycles. The van der Waals surface area contributed by atoms with E-state index in [1.165, 1.54) is 0 Å². The highest BCUT2D eigenvalue weighted by Crippen LogP contribution is 2.27. The monoisotopic (exact) mass is 331 g/mol. The van der Waals surface area contributed by atoms with Gasteiger partial charge in [0.05, 0.1) is 5.39 Å². The number of anilines is 1. The quantitative estimate of drug-likeness (QED) is 0.788. The normalized spacial score (nSPS) is 15.6. The van der Waals surface area contributed by atoms with Gasteiger partial charge < -0.3 is 19.1 Å². The number of carbonyl (C=O) groups is 2. The van der Waals surface area contributed by atoms with Crippen molar-refractivity contribution in [3.63, 3.8) is 0 Å². The van der Waals surface area contributed by atoms with Crippen LogP contribution in [0.1, 0.15) is 31.1 Å². The van der Waals surface area contributed by atoms with Crippen LogP contribution in [0.5, 0.6) is 0 Å². The zero-order chi connectivity index (χ0) is 17.3. The number of fused-ring (bicyclic) bond motifs is 1. The molecule has 0 bridgehead atoms. The molecule has 0 N–H and O–H groups in total. The second kappa shape index (κ2) is 6.14. The van der Waals surface area contributed by atoms with Crippen molar-refractivity contribution in [2.24, 2.45) is 0 Å². The van der Waals surface area contributed by atoms with Crippen molar-refractivity contribution >= 4 is 29.2 Å². The maximum absolute atomic E-state index is 12.1. The number of hydrogen-bond donors (Lipinski definition) is 0. The molecule has 1 aromatic carbocycles. The predicted molar refractivity (Wildman–Crippen MR) is 89.4 cm³/mol. The van der Waals surface area contributed by atoms with Gasteiger partial charge in [0.15, 0.2) is 11.4 Å². The van der Waals surface area contributed by atoms with E-state index in [-0.39, 0.29) is 6.09 Å². The molecule has 3 rings (SSSR count). The fourth-order valence-corrected chi connectivity index (χ4v) is 2.67. The molecule has 2 aromatic rings. The van der Waals surface area contributed by atoms with Crippen LogP contribution < -0.4 is 4.90 Å². The number of aldehydes is 1. The summed E-state index contributed by atoms with van der Waals surface area (Å²) in [5.41, 5.74) is 0.728. The van der Waals surface area contributed by atoms with Crippen molar-refractivity contribution in [2.75, 3.05) is 31.1 Å². The van der Waals surface area contributed by atoms with Crippen molar-refractivity contribution in [1.29, 1.82) is 0 Å². The molecule has 1 fully saturated rings. The van der Waals surface area contributed by atoms with E-state index in [0.717, 1.165) is 11.7 Å². The molecule has 7 nitrogen and oxygen atoms in total. The second-order valence-corrected chi connectivity index (χ2v) is 6.83. The molecule has 1 aliphatic rings. The number of piperazine rings is 1. The Bertz CT molecular complexity index is 755. The summed E-state index contributed by atoms with van der Waals surface area (Å²) >= 11 is 0. The van der Waals surface area contributed by atoms with Crippen molar-refractivity contribution < 1.29 is 18.8 Å². The van der Waals surface area contributed by atoms with E-state index >= 15 is 0 Å². The van der Waals surface area contributed by atoms with E-state index in [1.807, 2.05) is 20.8 Å². The maximum atomic E-state index is 12.1. The summed E-state index contributed by atoms with van der Waals surface area (Å²) in [6.45, 7) is 7.93. The molecule has 1 aromatic heterocycles. The first kappa shape index (κ1) is 16.3. The Balaban J connectivity index is 1.71. The zero-order valence-electron chi connectivity index (χ0n) is 14.1. The number of hydrogen-bond acceptors (Lipinski definition) is 6. The number of benzene rings is 1. The molecular formula is C17H21N3O4. The Labute approximate surface area is 140 Å². The highest BCUT2D eigenvalue weighted by Gasteiger charge is 2.27. The first-order valence-corrected chi connectivity index (χ1v) is 7.95. The third-order valence-electron chi connectivity index (χ3n) is 3.84. The van der Waals surface area contributed by atoms with Gasteiger partial charge in [0, 0.05) is 31.7 Å². The molecule has 0 saturated carbocycles. The van der Waals surface area contributed by atoms with Gasteiger partial charge in [-0.1, -0.05) is 5.16 Å². The van der Waals surface area contributed by atoms with Crippen molar-refractivity contribution in [2.45, 2.75) is 26.4 Å². The molecule has 1 amide bonds. The minimum Gasteiger partial charge on any atom is -0.444 e. The van der Waals surface area contributed by atoms with Crippen molar-refractivity contribution in [3.05, 3.63) is 23.8 Å². The lowest BCUT2D eigenvalue weighted by Crippen LogP contribution is -2.50. The van der Waals surface area contributed by atoms with Crippen LogP contribution in [-0.2, 0) is 4.74 Å². The van der Waals surface area contributed by atoms with Crippen LogP contribution in [-0.4, -0.2) is 54.2 Å². The smallest absolute Gasteiger partial charge is 0.410 e. The zero-order valence-corrected chi connectivity index (χ0v) is 14.1. The van der Waals surface area contributed by atoms with Crippen molar-refractivity contribution in [3.8, 4) is 0 Å². The van der Waals surface area contributed by atoms with Crippen LogP contribution in [0.15, 0.2) is 22.7 Å². The Kier molecular flexibility index (Phi) is 4.17. The molecule has 0 atom stereocenters. The number of aromatic nitrogens is 1. The van der Waals surface area contributed by atoms with E-state index in [4.69, 9.17) is 9.26 Å². The van der Waals surface area contributed by atoms with E-state index in [1.54, 1.807) is 23.1 Å². The minimum absolute atomic E-state index is 0.296. The standard InChI is InChI=1S/C17H21N3O4/c1-17(2,3)23-16(22)20-8-6-19(7-9-20)15-13-10-12(11-21)4-5-14(13)24-18-15/h4-5,10-11H,6-9H2,1-3H3. The maximum Gasteiger partial charge on any atom is 0.410 e. The number of nitrogens with zero attached hydrogens (tertiary/aromatic N) is 3. The molecule has 0 radical (unpaired) electrons. The molecule has 7 heteroatoms. The van der Waals surface area contributed by atoms with Gasteiger partial charge in [-0.2, -0.15) is 0 Å². The Morgan fingerprint density at radius 2 is 1.96 bits per heavy atom. The van der Waals surface area contributed by atoms with Gasteiger partial charge in [-0.15, -0.1) is 0 Å². The van der Waals surface area contributed by atoms with Crippen molar-refractivity contribution in [1.82, 2.24) is 10.1 Å². The van der Waals surface area contributed by atoms with E-state index in [0.29, 0.717) is 43.1 Å². The first-order chi connectivity index (χ1) is 11.4. The average Bonchev–Trinajstić information content (AvgIpc) is 2.96. The van der Waals surface area contributed by atoms with Gasteiger partial charge in [-0.05, 0) is 39.0 Å². The third-order valence-corrected chi connectivity index (χ3v) is 3.84. The van der Waals surface area contributed by atoms with Crippen LogP contribution in [0.4, 0.5) is 10.6 Å². The number of ether oxygens (including phenoxy) is 1. The van der Waals surface area contributed by atoms with Crippen LogP contribution in [0.3, 0.4) is 0 Å². The second-order valence-electron chi connectivity index (χ2n) is 6.83. The third kappa shape index (κ3) is 3.34. The lowest BCUT2D eigenvalue weighted by atomic mass is 10.1. The fourth-order valence-electron chi connectivity index (χ4n) is 2.67. The summed E-state index contributed by atoms with van der Waals surface area (Å²) in [4.78, 5) is 26.8. The summed E-state index contributed by atoms with van der Waals surface area (Å²) in [7, 11) is 0. The molecule has 1 saturated heterocycles. The SMILES string of the molecule is CC(C)(C)OC(=O)N1CCN(c2noc3ccc(C=O)cc23)CC1. The molecular weight excluding hydrogens is 310 g/mol. The molecule has 2 heterocycles.